The average molecular weight is 381 g/mol. The lowest BCUT2D eigenvalue weighted by Crippen LogP contribution is -2.16. The van der Waals surface area contributed by atoms with Gasteiger partial charge in [0.2, 0.25) is 0 Å². The van der Waals surface area contributed by atoms with Gasteiger partial charge in [0.25, 0.3) is 5.91 Å². The third-order valence-corrected chi connectivity index (χ3v) is 5.32. The molecule has 0 atom stereocenters. The van der Waals surface area contributed by atoms with Crippen LogP contribution in [0.3, 0.4) is 0 Å². The van der Waals surface area contributed by atoms with Crippen LogP contribution in [0.5, 0.6) is 5.75 Å². The summed E-state index contributed by atoms with van der Waals surface area (Å²) in [5.41, 5.74) is 2.82. The van der Waals surface area contributed by atoms with Crippen LogP contribution >= 0.6 is 11.3 Å². The van der Waals surface area contributed by atoms with Crippen molar-refractivity contribution < 1.29 is 9.53 Å². The van der Waals surface area contributed by atoms with E-state index < -0.39 is 0 Å². The van der Waals surface area contributed by atoms with Crippen molar-refractivity contribution in [2.75, 3.05) is 6.61 Å². The zero-order valence-corrected chi connectivity index (χ0v) is 16.6. The minimum absolute atomic E-state index is 0.253. The first-order chi connectivity index (χ1) is 13.1. The number of fused-ring (bicyclic) bond motifs is 1. The fourth-order valence-corrected chi connectivity index (χ4v) is 3.99. The Morgan fingerprint density at radius 2 is 2.04 bits per heavy atom. The van der Waals surface area contributed by atoms with E-state index in [0.717, 1.165) is 34.4 Å². The molecule has 3 aromatic rings. The van der Waals surface area contributed by atoms with E-state index in [1.807, 2.05) is 28.8 Å². The van der Waals surface area contributed by atoms with Crippen molar-refractivity contribution in [2.24, 2.45) is 4.99 Å². The van der Waals surface area contributed by atoms with Gasteiger partial charge in [0.05, 0.1) is 16.8 Å². The Hall–Kier alpha value is -2.66. The molecule has 0 radical (unpaired) electrons. The number of amides is 1. The molecule has 0 fully saturated rings. The molecule has 4 nitrogen and oxygen atoms in total. The van der Waals surface area contributed by atoms with E-state index in [1.54, 1.807) is 12.1 Å². The Labute approximate surface area is 163 Å². The Morgan fingerprint density at radius 1 is 1.26 bits per heavy atom. The van der Waals surface area contributed by atoms with Crippen LogP contribution in [-0.2, 0) is 6.54 Å². The normalized spacial score (nSPS) is 11.7. The molecular formula is C22H24N2O2S. The molecule has 0 unspecified atom stereocenters. The Bertz CT molecular complexity index is 1010. The van der Waals surface area contributed by atoms with Crippen molar-refractivity contribution in [3.05, 3.63) is 71.0 Å². The van der Waals surface area contributed by atoms with Crippen molar-refractivity contribution in [3.63, 3.8) is 0 Å². The molecular weight excluding hydrogens is 356 g/mol. The molecule has 5 heteroatoms. The average Bonchev–Trinajstić information content (AvgIpc) is 3.01. The number of allylic oxidation sites excluding steroid dienone is 1. The number of rotatable bonds is 7. The number of carbonyl (C=O) groups excluding carboxylic acids is 1. The first-order valence-electron chi connectivity index (χ1n) is 9.15. The second-order valence-corrected chi connectivity index (χ2v) is 7.36. The van der Waals surface area contributed by atoms with Crippen LogP contribution in [0.1, 0.15) is 35.7 Å². The van der Waals surface area contributed by atoms with Crippen LogP contribution in [0.4, 0.5) is 0 Å². The van der Waals surface area contributed by atoms with Gasteiger partial charge in [-0.25, -0.2) is 0 Å². The lowest BCUT2D eigenvalue weighted by Gasteiger charge is -2.05. The third kappa shape index (κ3) is 4.37. The van der Waals surface area contributed by atoms with Crippen molar-refractivity contribution in [2.45, 2.75) is 33.2 Å². The lowest BCUT2D eigenvalue weighted by atomic mass is 10.2. The molecule has 1 heterocycles. The predicted octanol–water partition coefficient (Wildman–Crippen LogP) is 5.12. The van der Waals surface area contributed by atoms with E-state index in [1.165, 1.54) is 11.3 Å². The van der Waals surface area contributed by atoms with Gasteiger partial charge >= 0.3 is 0 Å². The van der Waals surface area contributed by atoms with Gasteiger partial charge in [-0.1, -0.05) is 42.9 Å². The van der Waals surface area contributed by atoms with E-state index in [4.69, 9.17) is 4.74 Å². The van der Waals surface area contributed by atoms with E-state index in [0.29, 0.717) is 23.5 Å². The smallest absolute Gasteiger partial charge is 0.279 e. The van der Waals surface area contributed by atoms with Crippen LogP contribution in [0.25, 0.3) is 10.2 Å². The van der Waals surface area contributed by atoms with Crippen LogP contribution < -0.4 is 9.54 Å². The summed E-state index contributed by atoms with van der Waals surface area (Å²) in [5.74, 6) is 0.524. The highest BCUT2D eigenvalue weighted by Crippen LogP contribution is 2.21. The van der Waals surface area contributed by atoms with Gasteiger partial charge in [-0.2, -0.15) is 4.99 Å². The second-order valence-electron chi connectivity index (χ2n) is 6.35. The predicted molar refractivity (Wildman–Crippen MR) is 111 cm³/mol. The molecule has 0 aliphatic heterocycles. The molecule has 0 aliphatic rings. The van der Waals surface area contributed by atoms with Crippen molar-refractivity contribution in [1.82, 2.24) is 4.57 Å². The Kier molecular flexibility index (Phi) is 6.24. The van der Waals surface area contributed by atoms with E-state index in [2.05, 4.69) is 37.6 Å². The molecule has 0 bridgehead atoms. The number of hydrogen-bond donors (Lipinski definition) is 0. The molecule has 0 N–H and O–H groups in total. The van der Waals surface area contributed by atoms with Gasteiger partial charge in [-0.05, 0) is 49.2 Å². The van der Waals surface area contributed by atoms with Gasteiger partial charge in [0, 0.05) is 12.1 Å². The summed E-state index contributed by atoms with van der Waals surface area (Å²) in [6.45, 7) is 9.33. The zero-order chi connectivity index (χ0) is 19.2. The van der Waals surface area contributed by atoms with Crippen LogP contribution in [0, 0.1) is 6.92 Å². The minimum Gasteiger partial charge on any atom is -0.494 e. The molecule has 0 saturated carbocycles. The topological polar surface area (TPSA) is 43.6 Å². The van der Waals surface area contributed by atoms with Gasteiger partial charge < -0.3 is 9.30 Å². The van der Waals surface area contributed by atoms with E-state index in [-0.39, 0.29) is 5.91 Å². The highest BCUT2D eigenvalue weighted by molar-refractivity contribution is 7.16. The summed E-state index contributed by atoms with van der Waals surface area (Å²) in [4.78, 5) is 17.7. The standard InChI is InChI=1S/C22H24N2O2S/c1-4-6-15-26-18-12-10-17(11-13-18)21(25)23-22-24(14-5-2)20-16(3)8-7-9-19(20)27-22/h5,7-13H,2,4,6,14-15H2,1,3H3. The summed E-state index contributed by atoms with van der Waals surface area (Å²) >= 11 is 1.52. The first-order valence-corrected chi connectivity index (χ1v) is 9.97. The molecule has 0 aliphatic carbocycles. The summed E-state index contributed by atoms with van der Waals surface area (Å²) in [6.07, 6.45) is 3.93. The quantitative estimate of drug-likeness (QED) is 0.422. The number of hydrogen-bond acceptors (Lipinski definition) is 3. The Morgan fingerprint density at radius 3 is 2.74 bits per heavy atom. The highest BCUT2D eigenvalue weighted by atomic mass is 32.1. The van der Waals surface area contributed by atoms with Gasteiger partial charge in [-0.15, -0.1) is 6.58 Å². The maximum atomic E-state index is 12.7. The van der Waals surface area contributed by atoms with Gasteiger partial charge in [0.1, 0.15) is 5.75 Å². The fourth-order valence-electron chi connectivity index (χ4n) is 2.87. The number of ether oxygens (including phenoxy) is 1. The monoisotopic (exact) mass is 380 g/mol. The number of aryl methyl sites for hydroxylation is 1. The van der Waals surface area contributed by atoms with Gasteiger partial charge in [-0.3, -0.25) is 4.79 Å². The highest BCUT2D eigenvalue weighted by Gasteiger charge is 2.10. The van der Waals surface area contributed by atoms with Gasteiger partial charge in [0.15, 0.2) is 4.80 Å². The largest absolute Gasteiger partial charge is 0.494 e. The number of unbranched alkanes of at least 4 members (excludes halogenated alkanes) is 1. The third-order valence-electron chi connectivity index (χ3n) is 4.28. The minimum atomic E-state index is -0.253. The number of aromatic nitrogens is 1. The summed E-state index contributed by atoms with van der Waals surface area (Å²) in [7, 11) is 0. The molecule has 0 spiro atoms. The number of nitrogens with zero attached hydrogens (tertiary/aromatic N) is 2. The molecule has 0 saturated heterocycles. The van der Waals surface area contributed by atoms with Crippen LogP contribution in [0.15, 0.2) is 60.1 Å². The maximum Gasteiger partial charge on any atom is 0.279 e. The van der Waals surface area contributed by atoms with E-state index >= 15 is 0 Å². The number of carbonyl (C=O) groups is 1. The van der Waals surface area contributed by atoms with Crippen LogP contribution in [-0.4, -0.2) is 17.1 Å². The van der Waals surface area contributed by atoms with Crippen LogP contribution in [0.2, 0.25) is 0 Å². The molecule has 1 amide bonds. The van der Waals surface area contributed by atoms with Crippen molar-refractivity contribution >= 4 is 27.5 Å². The molecule has 2 aromatic carbocycles. The van der Waals surface area contributed by atoms with Crippen molar-refractivity contribution in [3.8, 4) is 5.75 Å². The SMILES string of the molecule is C=CCn1c(=NC(=O)c2ccc(OCCCC)cc2)sc2cccc(C)c21. The van der Waals surface area contributed by atoms with E-state index in [9.17, 15) is 4.79 Å². The molecule has 3 rings (SSSR count). The first kappa shape index (κ1) is 19.1. The summed E-state index contributed by atoms with van der Waals surface area (Å²) in [5, 5.41) is 0. The summed E-state index contributed by atoms with van der Waals surface area (Å²) < 4.78 is 8.81. The summed E-state index contributed by atoms with van der Waals surface area (Å²) in [6, 6.07) is 13.3. The fraction of sp³-hybridized carbons (Fsp3) is 0.273. The molecule has 27 heavy (non-hydrogen) atoms. The number of benzene rings is 2. The maximum absolute atomic E-state index is 12.7. The number of para-hydroxylation sites is 1. The second kappa shape index (κ2) is 8.82. The lowest BCUT2D eigenvalue weighted by molar-refractivity contribution is 0.0998. The molecule has 140 valence electrons. The van der Waals surface area contributed by atoms with Crippen molar-refractivity contribution in [1.29, 1.82) is 0 Å². The zero-order valence-electron chi connectivity index (χ0n) is 15.8. The Balaban J connectivity index is 1.92. The molecule has 1 aromatic heterocycles. The number of thiazole rings is 1.